The highest BCUT2D eigenvalue weighted by molar-refractivity contribution is 6.10. The summed E-state index contributed by atoms with van der Waals surface area (Å²) in [5.74, 6) is -6.25. The Hall–Kier alpha value is -3.59. The lowest BCUT2D eigenvalue weighted by atomic mass is 9.77. The van der Waals surface area contributed by atoms with Crippen molar-refractivity contribution >= 4 is 23.8 Å². The van der Waals surface area contributed by atoms with Crippen LogP contribution in [-0.4, -0.2) is 57.3 Å². The number of hydrogen-bond acceptors (Lipinski definition) is 6. The number of imide groups is 1. The number of fused-ring (bicyclic) bond motifs is 1. The highest BCUT2D eigenvalue weighted by Crippen LogP contribution is 2.50. The number of halogens is 3. The van der Waals surface area contributed by atoms with E-state index in [0.29, 0.717) is 0 Å². The second-order valence-corrected chi connectivity index (χ2v) is 7.38. The van der Waals surface area contributed by atoms with Crippen LogP contribution >= 0.6 is 0 Å². The summed E-state index contributed by atoms with van der Waals surface area (Å²) in [4.78, 5) is 50.5. The molecule has 2 aliphatic rings. The van der Waals surface area contributed by atoms with E-state index in [2.05, 4.69) is 16.0 Å². The monoisotopic (exact) mass is 454 g/mol. The molecular formula is C20H17F3N2O7. The minimum absolute atomic E-state index is 0.0110. The van der Waals surface area contributed by atoms with Gasteiger partial charge in [-0.15, -0.1) is 25.5 Å². The molecule has 9 nitrogen and oxygen atoms in total. The number of carboxylic acids is 2. The minimum Gasteiger partial charge on any atom is -0.481 e. The minimum atomic E-state index is -5.00. The first-order valence-electron chi connectivity index (χ1n) is 9.28. The number of carbonyl (C=O) groups excluding carboxylic acids is 2. The Bertz CT molecular complexity index is 1020. The van der Waals surface area contributed by atoms with Crippen LogP contribution in [0.15, 0.2) is 24.3 Å². The Labute approximate surface area is 179 Å². The number of rotatable bonds is 7. The molecule has 32 heavy (non-hydrogen) atoms. The molecule has 4 atom stereocenters. The summed E-state index contributed by atoms with van der Waals surface area (Å²) in [5.41, 5.74) is -2.34. The molecule has 12 heteroatoms. The SMILES string of the molecule is C#CCCN1C(=O)C2C(c3cccc(OC(F)(F)F)c3)NC(CC(=O)O)(C(=O)O)C2C1=O. The zero-order chi connectivity index (χ0) is 23.8. The summed E-state index contributed by atoms with van der Waals surface area (Å²) in [5, 5.41) is 21.8. The number of carbonyl (C=O) groups is 4. The molecule has 2 heterocycles. The van der Waals surface area contributed by atoms with Crippen molar-refractivity contribution in [2.75, 3.05) is 6.54 Å². The van der Waals surface area contributed by atoms with Crippen molar-refractivity contribution in [3.63, 3.8) is 0 Å². The normalized spacial score (nSPS) is 27.2. The lowest BCUT2D eigenvalue weighted by Crippen LogP contribution is -2.57. The summed E-state index contributed by atoms with van der Waals surface area (Å²) in [6.45, 7) is -0.201. The molecule has 0 bridgehead atoms. The fraction of sp³-hybridized carbons (Fsp3) is 0.400. The first-order chi connectivity index (χ1) is 14.9. The first kappa shape index (κ1) is 23.1. The van der Waals surface area contributed by atoms with Crippen LogP contribution in [0.4, 0.5) is 13.2 Å². The number of hydrogen-bond donors (Lipinski definition) is 3. The maximum Gasteiger partial charge on any atom is 0.573 e. The Morgan fingerprint density at radius 2 is 1.94 bits per heavy atom. The Kier molecular flexibility index (Phi) is 5.88. The van der Waals surface area contributed by atoms with Gasteiger partial charge < -0.3 is 14.9 Å². The predicted molar refractivity (Wildman–Crippen MR) is 98.8 cm³/mol. The zero-order valence-electron chi connectivity index (χ0n) is 16.3. The second-order valence-electron chi connectivity index (χ2n) is 7.38. The number of aliphatic carboxylic acids is 2. The maximum atomic E-state index is 13.0. The van der Waals surface area contributed by atoms with Gasteiger partial charge >= 0.3 is 18.3 Å². The van der Waals surface area contributed by atoms with E-state index >= 15 is 0 Å². The molecule has 3 N–H and O–H groups in total. The number of likely N-dealkylation sites (tertiary alicyclic amines) is 1. The fourth-order valence-electron chi connectivity index (χ4n) is 4.32. The van der Waals surface area contributed by atoms with Crippen LogP contribution in [0.2, 0.25) is 0 Å². The summed E-state index contributed by atoms with van der Waals surface area (Å²) < 4.78 is 41.7. The average molecular weight is 454 g/mol. The van der Waals surface area contributed by atoms with Gasteiger partial charge in [0.1, 0.15) is 11.3 Å². The Morgan fingerprint density at radius 1 is 1.25 bits per heavy atom. The van der Waals surface area contributed by atoms with E-state index in [1.807, 2.05) is 0 Å². The Balaban J connectivity index is 2.10. The largest absolute Gasteiger partial charge is 0.573 e. The lowest BCUT2D eigenvalue weighted by molar-refractivity contribution is -0.274. The highest BCUT2D eigenvalue weighted by atomic mass is 19.4. The molecule has 2 aliphatic heterocycles. The molecule has 3 rings (SSSR count). The van der Waals surface area contributed by atoms with E-state index < -0.39 is 65.7 Å². The molecule has 0 radical (unpaired) electrons. The molecule has 2 fully saturated rings. The van der Waals surface area contributed by atoms with Gasteiger partial charge in [0.05, 0.1) is 18.3 Å². The average Bonchev–Trinajstić information content (AvgIpc) is 3.14. The number of ether oxygens (including phenoxy) is 1. The summed E-state index contributed by atoms with van der Waals surface area (Å²) in [6.07, 6.45) is -0.871. The van der Waals surface area contributed by atoms with Crippen LogP contribution in [0.3, 0.4) is 0 Å². The molecule has 170 valence electrons. The van der Waals surface area contributed by atoms with Crippen molar-refractivity contribution in [3.8, 4) is 18.1 Å². The third-order valence-corrected chi connectivity index (χ3v) is 5.49. The maximum absolute atomic E-state index is 13.0. The van der Waals surface area contributed by atoms with E-state index in [4.69, 9.17) is 6.42 Å². The van der Waals surface area contributed by atoms with Gasteiger partial charge in [-0.25, -0.2) is 0 Å². The van der Waals surface area contributed by atoms with Crippen LogP contribution in [-0.2, 0) is 19.2 Å². The van der Waals surface area contributed by atoms with Crippen molar-refractivity contribution in [2.24, 2.45) is 11.8 Å². The molecule has 1 aromatic carbocycles. The zero-order valence-corrected chi connectivity index (χ0v) is 16.3. The van der Waals surface area contributed by atoms with Crippen LogP contribution < -0.4 is 10.1 Å². The molecule has 1 aromatic rings. The highest BCUT2D eigenvalue weighted by Gasteiger charge is 2.69. The van der Waals surface area contributed by atoms with Crippen LogP contribution in [0.25, 0.3) is 0 Å². The molecule has 2 amide bonds. The molecule has 0 spiro atoms. The standard InChI is InChI=1S/C20H17F3N2O7/c1-2-3-7-25-16(28)13-14(17(25)29)19(18(30)31,9-12(26)27)24-15(13)10-5-4-6-11(8-10)32-20(21,22)23/h1,4-6,8,13-15,24H,3,7,9H2,(H,26,27)(H,30,31). The van der Waals surface area contributed by atoms with E-state index in [1.54, 1.807) is 0 Å². The van der Waals surface area contributed by atoms with Gasteiger partial charge in [-0.3, -0.25) is 29.4 Å². The number of carboxylic acid groups (broad SMARTS) is 2. The molecule has 0 aromatic heterocycles. The smallest absolute Gasteiger partial charge is 0.481 e. The molecular weight excluding hydrogens is 437 g/mol. The fourth-order valence-corrected chi connectivity index (χ4v) is 4.32. The number of terminal acetylenes is 1. The Morgan fingerprint density at radius 3 is 2.50 bits per heavy atom. The van der Waals surface area contributed by atoms with E-state index in [0.717, 1.165) is 17.0 Å². The summed E-state index contributed by atoms with van der Waals surface area (Å²) in [7, 11) is 0. The topological polar surface area (TPSA) is 133 Å². The van der Waals surface area contributed by atoms with Gasteiger partial charge in [-0.2, -0.15) is 0 Å². The van der Waals surface area contributed by atoms with Gasteiger partial charge in [0, 0.05) is 19.0 Å². The van der Waals surface area contributed by atoms with Gasteiger partial charge in [0.15, 0.2) is 0 Å². The number of amides is 2. The van der Waals surface area contributed by atoms with Crippen molar-refractivity contribution in [2.45, 2.75) is 30.8 Å². The number of nitrogens with zero attached hydrogens (tertiary/aromatic N) is 1. The first-order valence-corrected chi connectivity index (χ1v) is 9.28. The molecule has 2 saturated heterocycles. The number of benzene rings is 1. The molecule has 0 saturated carbocycles. The van der Waals surface area contributed by atoms with Crippen molar-refractivity contribution in [1.82, 2.24) is 10.2 Å². The lowest BCUT2D eigenvalue weighted by Gasteiger charge is -2.29. The van der Waals surface area contributed by atoms with E-state index in [-0.39, 0.29) is 18.5 Å². The van der Waals surface area contributed by atoms with E-state index in [9.17, 15) is 42.6 Å². The summed E-state index contributed by atoms with van der Waals surface area (Å²) >= 11 is 0. The number of alkyl halides is 3. The molecule has 4 unspecified atom stereocenters. The van der Waals surface area contributed by atoms with Crippen molar-refractivity contribution < 1.29 is 47.3 Å². The van der Waals surface area contributed by atoms with Gasteiger partial charge in [-0.05, 0) is 17.7 Å². The van der Waals surface area contributed by atoms with Gasteiger partial charge in [0.25, 0.3) is 0 Å². The van der Waals surface area contributed by atoms with Crippen molar-refractivity contribution in [3.05, 3.63) is 29.8 Å². The summed E-state index contributed by atoms with van der Waals surface area (Å²) in [6, 6.07) is 3.20. The van der Waals surface area contributed by atoms with Crippen molar-refractivity contribution in [1.29, 1.82) is 0 Å². The predicted octanol–water partition coefficient (Wildman–Crippen LogP) is 1.15. The quantitative estimate of drug-likeness (QED) is 0.413. The third-order valence-electron chi connectivity index (χ3n) is 5.49. The van der Waals surface area contributed by atoms with Crippen LogP contribution in [0.1, 0.15) is 24.4 Å². The third kappa shape index (κ3) is 3.99. The number of nitrogens with one attached hydrogen (secondary N) is 1. The van der Waals surface area contributed by atoms with Crippen LogP contribution in [0, 0.1) is 24.2 Å². The molecule has 0 aliphatic carbocycles. The van der Waals surface area contributed by atoms with Gasteiger partial charge in [-0.1, -0.05) is 12.1 Å². The van der Waals surface area contributed by atoms with Crippen LogP contribution in [0.5, 0.6) is 5.75 Å². The van der Waals surface area contributed by atoms with Gasteiger partial charge in [0.2, 0.25) is 11.8 Å². The second kappa shape index (κ2) is 8.16. The van der Waals surface area contributed by atoms with E-state index in [1.165, 1.54) is 12.1 Å².